The van der Waals surface area contributed by atoms with Crippen LogP contribution in [0.1, 0.15) is 9.67 Å². The largest absolute Gasteiger partial charge is 0.465 e. The van der Waals surface area contributed by atoms with Gasteiger partial charge in [0.25, 0.3) is 0 Å². The molecular weight excluding hydrogens is 353 g/mol. The van der Waals surface area contributed by atoms with Crippen LogP contribution in [0.25, 0.3) is 26.8 Å². The Balaban J connectivity index is 2.06. The summed E-state index contributed by atoms with van der Waals surface area (Å²) in [6.45, 7) is 0. The van der Waals surface area contributed by atoms with Gasteiger partial charge in [-0.3, -0.25) is 4.57 Å². The Morgan fingerprint density at radius 2 is 1.92 bits per heavy atom. The molecule has 25 heavy (non-hydrogen) atoms. The van der Waals surface area contributed by atoms with E-state index < -0.39 is 29.1 Å². The molecule has 2 heterocycles. The zero-order valence-electron chi connectivity index (χ0n) is 12.7. The predicted molar refractivity (Wildman–Crippen MR) is 87.7 cm³/mol. The highest BCUT2D eigenvalue weighted by molar-refractivity contribution is 7.20. The van der Waals surface area contributed by atoms with Gasteiger partial charge in [-0.25, -0.2) is 22.9 Å². The number of imidazole rings is 1. The lowest BCUT2D eigenvalue weighted by molar-refractivity contribution is 0.0606. The molecule has 0 saturated carbocycles. The molecule has 0 saturated heterocycles. The minimum Gasteiger partial charge on any atom is -0.465 e. The number of aromatic nitrogens is 2. The molecule has 0 atom stereocenters. The molecule has 4 aromatic rings. The number of benzene rings is 2. The second kappa shape index (κ2) is 5.59. The van der Waals surface area contributed by atoms with Crippen molar-refractivity contribution < 1.29 is 22.7 Å². The van der Waals surface area contributed by atoms with Crippen LogP contribution in [0.3, 0.4) is 0 Å². The molecule has 0 unspecified atom stereocenters. The number of hydrogen-bond donors (Lipinski definition) is 0. The molecule has 0 radical (unpaired) electrons. The highest BCUT2D eigenvalue weighted by Crippen LogP contribution is 2.36. The zero-order valence-corrected chi connectivity index (χ0v) is 13.5. The van der Waals surface area contributed by atoms with Gasteiger partial charge in [-0.05, 0) is 18.2 Å². The van der Waals surface area contributed by atoms with Crippen molar-refractivity contribution in [1.29, 1.82) is 0 Å². The number of carbonyl (C=O) groups excluding carboxylic acids is 1. The van der Waals surface area contributed by atoms with Crippen molar-refractivity contribution in [1.82, 2.24) is 9.55 Å². The van der Waals surface area contributed by atoms with Crippen LogP contribution in [0.5, 0.6) is 0 Å². The number of fused-ring (bicyclic) bond motifs is 2. The number of rotatable bonds is 2. The van der Waals surface area contributed by atoms with E-state index in [-0.39, 0.29) is 15.0 Å². The predicted octanol–water partition coefficient (Wildman–Crippen LogP) is 4.44. The van der Waals surface area contributed by atoms with Crippen molar-refractivity contribution in [3.05, 3.63) is 59.0 Å². The van der Waals surface area contributed by atoms with Crippen molar-refractivity contribution in [2.45, 2.75) is 0 Å². The molecule has 0 bridgehead atoms. The third kappa shape index (κ3) is 2.21. The molecule has 0 fully saturated rings. The lowest BCUT2D eigenvalue weighted by Gasteiger charge is -2.09. The molecule has 4 nitrogen and oxygen atoms in total. The maximum Gasteiger partial charge on any atom is 0.348 e. The Hall–Kier alpha value is -2.87. The molecular formula is C17H9F3N2O2S. The van der Waals surface area contributed by atoms with Crippen LogP contribution in [0.4, 0.5) is 13.2 Å². The number of hydrogen-bond acceptors (Lipinski definition) is 4. The van der Waals surface area contributed by atoms with E-state index in [1.807, 2.05) is 0 Å². The molecule has 0 amide bonds. The summed E-state index contributed by atoms with van der Waals surface area (Å²) in [5.41, 5.74) is 0.379. The van der Waals surface area contributed by atoms with Gasteiger partial charge >= 0.3 is 5.97 Å². The Bertz CT molecular complexity index is 1150. The second-order valence-corrected chi connectivity index (χ2v) is 6.29. The first-order valence-corrected chi connectivity index (χ1v) is 7.95. The summed E-state index contributed by atoms with van der Waals surface area (Å²) < 4.78 is 49.6. The Morgan fingerprint density at radius 3 is 2.68 bits per heavy atom. The summed E-state index contributed by atoms with van der Waals surface area (Å²) in [4.78, 5) is 15.7. The van der Waals surface area contributed by atoms with E-state index in [1.165, 1.54) is 6.33 Å². The molecule has 126 valence electrons. The number of esters is 1. The van der Waals surface area contributed by atoms with Gasteiger partial charge in [0, 0.05) is 5.39 Å². The summed E-state index contributed by atoms with van der Waals surface area (Å²) >= 11 is 0.706. The van der Waals surface area contributed by atoms with Gasteiger partial charge in [-0.2, -0.15) is 0 Å². The maximum absolute atomic E-state index is 15.0. The van der Waals surface area contributed by atoms with Crippen LogP contribution in [0, 0.1) is 17.5 Å². The first-order chi connectivity index (χ1) is 12.0. The first-order valence-electron chi connectivity index (χ1n) is 7.13. The minimum atomic E-state index is -1.35. The zero-order chi connectivity index (χ0) is 17.7. The Labute approximate surface area is 143 Å². The van der Waals surface area contributed by atoms with E-state index in [1.54, 1.807) is 24.3 Å². The third-order valence-electron chi connectivity index (χ3n) is 3.86. The molecule has 8 heteroatoms. The van der Waals surface area contributed by atoms with E-state index in [4.69, 9.17) is 0 Å². The monoisotopic (exact) mass is 362 g/mol. The van der Waals surface area contributed by atoms with Crippen LogP contribution in [-0.2, 0) is 4.74 Å². The van der Waals surface area contributed by atoms with Crippen LogP contribution < -0.4 is 0 Å². The molecule has 0 aliphatic heterocycles. The number of ether oxygens (including phenoxy) is 1. The lowest BCUT2D eigenvalue weighted by atomic mass is 10.2. The van der Waals surface area contributed by atoms with Crippen molar-refractivity contribution in [3.63, 3.8) is 0 Å². The van der Waals surface area contributed by atoms with Crippen molar-refractivity contribution in [2.75, 3.05) is 7.11 Å². The van der Waals surface area contributed by atoms with E-state index in [0.29, 0.717) is 22.4 Å². The molecule has 0 N–H and O–H groups in total. The quantitative estimate of drug-likeness (QED) is 0.391. The maximum atomic E-state index is 15.0. The van der Waals surface area contributed by atoms with Crippen molar-refractivity contribution >= 4 is 38.4 Å². The average Bonchev–Trinajstić information content (AvgIpc) is 3.25. The Morgan fingerprint density at radius 1 is 1.16 bits per heavy atom. The SMILES string of the molecule is COC(=O)c1cc2c(F)c(F)c(-n3cnc4ccccc43)c(F)c2s1. The smallest absolute Gasteiger partial charge is 0.348 e. The van der Waals surface area contributed by atoms with Gasteiger partial charge in [0.2, 0.25) is 0 Å². The van der Waals surface area contributed by atoms with Crippen molar-refractivity contribution in [3.8, 4) is 5.69 Å². The fourth-order valence-electron chi connectivity index (χ4n) is 2.69. The normalized spacial score (nSPS) is 11.4. The molecule has 2 aromatic carbocycles. The van der Waals surface area contributed by atoms with Crippen LogP contribution in [-0.4, -0.2) is 22.6 Å². The molecule has 0 spiro atoms. The van der Waals surface area contributed by atoms with Gasteiger partial charge in [0.1, 0.15) is 16.9 Å². The van der Waals surface area contributed by atoms with Gasteiger partial charge in [-0.15, -0.1) is 11.3 Å². The van der Waals surface area contributed by atoms with E-state index in [9.17, 15) is 18.0 Å². The number of methoxy groups -OCH3 is 1. The highest BCUT2D eigenvalue weighted by Gasteiger charge is 2.26. The standard InChI is InChI=1S/C17H9F3N2O2S/c1-24-17(23)11-6-8-12(18)13(19)15(14(20)16(8)25-11)22-7-21-9-4-2-3-5-10(9)22/h2-7H,1H3. The van der Waals surface area contributed by atoms with Gasteiger partial charge in [0.15, 0.2) is 17.5 Å². The summed E-state index contributed by atoms with van der Waals surface area (Å²) in [6.07, 6.45) is 1.23. The number of carbonyl (C=O) groups is 1. The van der Waals surface area contributed by atoms with E-state index in [2.05, 4.69) is 9.72 Å². The van der Waals surface area contributed by atoms with Gasteiger partial charge in [0.05, 0.1) is 22.8 Å². The summed E-state index contributed by atoms with van der Waals surface area (Å²) in [5.74, 6) is -4.27. The average molecular weight is 362 g/mol. The fourth-order valence-corrected chi connectivity index (χ4v) is 3.70. The van der Waals surface area contributed by atoms with Crippen LogP contribution in [0.2, 0.25) is 0 Å². The van der Waals surface area contributed by atoms with Gasteiger partial charge in [-0.1, -0.05) is 12.1 Å². The number of para-hydroxylation sites is 2. The summed E-state index contributed by atoms with van der Waals surface area (Å²) in [7, 11) is 1.16. The number of nitrogens with zero attached hydrogens (tertiary/aromatic N) is 2. The minimum absolute atomic E-state index is 0.0117. The second-order valence-electron chi connectivity index (χ2n) is 5.24. The van der Waals surface area contributed by atoms with Gasteiger partial charge < -0.3 is 4.74 Å². The number of halogens is 3. The third-order valence-corrected chi connectivity index (χ3v) is 4.97. The molecule has 0 aliphatic carbocycles. The number of thiophene rings is 1. The molecule has 0 aliphatic rings. The fraction of sp³-hybridized carbons (Fsp3) is 0.0588. The topological polar surface area (TPSA) is 44.1 Å². The molecule has 2 aromatic heterocycles. The first kappa shape index (κ1) is 15.6. The highest BCUT2D eigenvalue weighted by atomic mass is 32.1. The van der Waals surface area contributed by atoms with Crippen LogP contribution in [0.15, 0.2) is 36.7 Å². The summed E-state index contributed by atoms with van der Waals surface area (Å²) in [6, 6.07) is 7.81. The lowest BCUT2D eigenvalue weighted by Crippen LogP contribution is -2.03. The van der Waals surface area contributed by atoms with E-state index >= 15 is 0 Å². The molecule has 4 rings (SSSR count). The van der Waals surface area contributed by atoms with E-state index in [0.717, 1.165) is 17.7 Å². The van der Waals surface area contributed by atoms with Crippen molar-refractivity contribution in [2.24, 2.45) is 0 Å². The Kier molecular flexibility index (Phi) is 3.50. The van der Waals surface area contributed by atoms with Crippen LogP contribution >= 0.6 is 11.3 Å². The summed E-state index contributed by atoms with van der Waals surface area (Å²) in [5, 5.41) is -0.298.